The van der Waals surface area contributed by atoms with Gasteiger partial charge in [-0.15, -0.1) is 0 Å². The maximum absolute atomic E-state index is 5.59. The fourth-order valence-corrected chi connectivity index (χ4v) is 2.57. The van der Waals surface area contributed by atoms with E-state index in [2.05, 4.69) is 25.7 Å². The van der Waals surface area contributed by atoms with Crippen molar-refractivity contribution in [3.05, 3.63) is 0 Å². The van der Waals surface area contributed by atoms with E-state index in [0.717, 1.165) is 12.6 Å². The number of likely N-dealkylation sites (tertiary alicyclic amines) is 1. The second kappa shape index (κ2) is 3.82. The van der Waals surface area contributed by atoms with Crippen LogP contribution in [0, 0.1) is 5.41 Å². The van der Waals surface area contributed by atoms with Gasteiger partial charge < -0.3 is 4.74 Å². The van der Waals surface area contributed by atoms with Crippen molar-refractivity contribution >= 4 is 0 Å². The summed E-state index contributed by atoms with van der Waals surface area (Å²) in [5.41, 5.74) is 0.495. The molecule has 2 atom stereocenters. The molecule has 0 aromatic carbocycles. The quantitative estimate of drug-likeness (QED) is 0.688. The minimum absolute atomic E-state index is 0.495. The Labute approximate surface area is 87.6 Å². The van der Waals surface area contributed by atoms with Crippen LogP contribution >= 0.6 is 0 Å². The van der Waals surface area contributed by atoms with Crippen LogP contribution in [0.1, 0.15) is 40.0 Å². The lowest BCUT2D eigenvalue weighted by molar-refractivity contribution is 0.0292. The number of rotatable bonds is 3. The van der Waals surface area contributed by atoms with E-state index < -0.39 is 0 Å². The standard InChI is InChI=1S/C12H23NO/c1-12(2,3)5-4-6-13-8-11-7-10(13)9-14-11/h10-11H,4-9H2,1-3H3/t10-,11-/m1/s1. The lowest BCUT2D eigenvalue weighted by Crippen LogP contribution is -2.37. The Balaban J connectivity index is 1.67. The second-order valence-electron chi connectivity index (χ2n) is 6.00. The van der Waals surface area contributed by atoms with Gasteiger partial charge in [0.1, 0.15) is 0 Å². The largest absolute Gasteiger partial charge is 0.375 e. The molecule has 2 heteroatoms. The summed E-state index contributed by atoms with van der Waals surface area (Å²) < 4.78 is 5.59. The molecule has 0 N–H and O–H groups in total. The molecule has 2 bridgehead atoms. The van der Waals surface area contributed by atoms with Gasteiger partial charge >= 0.3 is 0 Å². The van der Waals surface area contributed by atoms with Gasteiger partial charge in [-0.2, -0.15) is 0 Å². The number of fused-ring (bicyclic) bond motifs is 2. The molecular formula is C12H23NO. The van der Waals surface area contributed by atoms with Crippen LogP contribution in [0.25, 0.3) is 0 Å². The second-order valence-corrected chi connectivity index (χ2v) is 6.00. The predicted molar refractivity (Wildman–Crippen MR) is 58.4 cm³/mol. The molecule has 0 aliphatic carbocycles. The Morgan fingerprint density at radius 1 is 1.36 bits per heavy atom. The highest BCUT2D eigenvalue weighted by atomic mass is 16.5. The molecule has 2 nitrogen and oxygen atoms in total. The first-order chi connectivity index (χ1) is 6.54. The van der Waals surface area contributed by atoms with Crippen LogP contribution in [0.2, 0.25) is 0 Å². The Hall–Kier alpha value is -0.0800. The van der Waals surface area contributed by atoms with Gasteiger partial charge in [-0.05, 0) is 31.2 Å². The zero-order valence-corrected chi connectivity index (χ0v) is 9.75. The summed E-state index contributed by atoms with van der Waals surface area (Å²) in [4.78, 5) is 2.62. The van der Waals surface area contributed by atoms with E-state index >= 15 is 0 Å². The summed E-state index contributed by atoms with van der Waals surface area (Å²) in [5, 5.41) is 0. The molecule has 0 aromatic heterocycles. The average Bonchev–Trinajstić information content (AvgIpc) is 2.62. The predicted octanol–water partition coefficient (Wildman–Crippen LogP) is 2.29. The molecule has 2 aliphatic heterocycles. The Bertz CT molecular complexity index is 197. The highest BCUT2D eigenvalue weighted by Crippen LogP contribution is 2.29. The van der Waals surface area contributed by atoms with Gasteiger partial charge in [-0.25, -0.2) is 0 Å². The minimum atomic E-state index is 0.495. The number of ether oxygens (including phenoxy) is 1. The van der Waals surface area contributed by atoms with Gasteiger partial charge in [0.05, 0.1) is 12.7 Å². The van der Waals surface area contributed by atoms with E-state index in [1.165, 1.54) is 32.4 Å². The van der Waals surface area contributed by atoms with Gasteiger partial charge in [0.2, 0.25) is 0 Å². The number of nitrogens with zero attached hydrogens (tertiary/aromatic N) is 1. The van der Waals surface area contributed by atoms with Gasteiger partial charge in [0, 0.05) is 12.6 Å². The lowest BCUT2D eigenvalue weighted by Gasteiger charge is -2.28. The Kier molecular flexibility index (Phi) is 2.85. The van der Waals surface area contributed by atoms with Crippen molar-refractivity contribution in [2.45, 2.75) is 52.2 Å². The Morgan fingerprint density at radius 2 is 2.14 bits per heavy atom. The zero-order valence-electron chi connectivity index (χ0n) is 9.75. The third-order valence-corrected chi connectivity index (χ3v) is 3.39. The van der Waals surface area contributed by atoms with Crippen molar-refractivity contribution in [3.8, 4) is 0 Å². The zero-order chi connectivity index (χ0) is 10.2. The van der Waals surface area contributed by atoms with Crippen LogP contribution in [0.5, 0.6) is 0 Å². The smallest absolute Gasteiger partial charge is 0.0718 e. The monoisotopic (exact) mass is 197 g/mol. The maximum Gasteiger partial charge on any atom is 0.0718 e. The van der Waals surface area contributed by atoms with Crippen molar-refractivity contribution in [3.63, 3.8) is 0 Å². The summed E-state index contributed by atoms with van der Waals surface area (Å²) in [7, 11) is 0. The first-order valence-corrected chi connectivity index (χ1v) is 5.90. The van der Waals surface area contributed by atoms with E-state index in [9.17, 15) is 0 Å². The molecule has 0 aromatic rings. The molecule has 14 heavy (non-hydrogen) atoms. The number of hydrogen-bond acceptors (Lipinski definition) is 2. The summed E-state index contributed by atoms with van der Waals surface area (Å²) >= 11 is 0. The van der Waals surface area contributed by atoms with E-state index in [1.807, 2.05) is 0 Å². The first kappa shape index (κ1) is 10.4. The molecule has 0 radical (unpaired) electrons. The normalized spacial score (nSPS) is 32.8. The van der Waals surface area contributed by atoms with E-state index in [4.69, 9.17) is 4.74 Å². The topological polar surface area (TPSA) is 12.5 Å². The molecule has 0 spiro atoms. The SMILES string of the molecule is CC(C)(C)CCCN1C[C@H]2C[C@@H]1CO2. The molecule has 2 aliphatic rings. The highest BCUT2D eigenvalue weighted by Gasteiger charge is 2.38. The highest BCUT2D eigenvalue weighted by molar-refractivity contribution is 4.91. The lowest BCUT2D eigenvalue weighted by atomic mass is 9.90. The number of hydrogen-bond donors (Lipinski definition) is 0. The van der Waals surface area contributed by atoms with Crippen molar-refractivity contribution in [2.75, 3.05) is 19.7 Å². The fourth-order valence-electron chi connectivity index (χ4n) is 2.57. The molecule has 0 saturated carbocycles. The van der Waals surface area contributed by atoms with Crippen molar-refractivity contribution in [2.24, 2.45) is 5.41 Å². The van der Waals surface area contributed by atoms with E-state index in [1.54, 1.807) is 0 Å². The molecule has 2 fully saturated rings. The minimum Gasteiger partial charge on any atom is -0.375 e. The Morgan fingerprint density at radius 3 is 2.64 bits per heavy atom. The molecule has 2 rings (SSSR count). The van der Waals surface area contributed by atoms with Crippen LogP contribution in [-0.4, -0.2) is 36.7 Å². The van der Waals surface area contributed by atoms with Gasteiger partial charge in [-0.1, -0.05) is 20.8 Å². The first-order valence-electron chi connectivity index (χ1n) is 5.90. The van der Waals surface area contributed by atoms with Crippen LogP contribution in [0.4, 0.5) is 0 Å². The van der Waals surface area contributed by atoms with Crippen LogP contribution in [0.15, 0.2) is 0 Å². The van der Waals surface area contributed by atoms with Gasteiger partial charge in [-0.3, -0.25) is 4.90 Å². The van der Waals surface area contributed by atoms with Crippen LogP contribution < -0.4 is 0 Å². The fraction of sp³-hybridized carbons (Fsp3) is 1.00. The van der Waals surface area contributed by atoms with E-state index in [0.29, 0.717) is 11.5 Å². The van der Waals surface area contributed by atoms with Crippen molar-refractivity contribution in [1.29, 1.82) is 0 Å². The molecule has 82 valence electrons. The summed E-state index contributed by atoms with van der Waals surface area (Å²) in [6.45, 7) is 10.4. The third kappa shape index (κ3) is 2.48. The molecule has 0 amide bonds. The number of morpholine rings is 1. The van der Waals surface area contributed by atoms with Crippen molar-refractivity contribution < 1.29 is 4.74 Å². The van der Waals surface area contributed by atoms with E-state index in [-0.39, 0.29) is 0 Å². The molecule has 2 saturated heterocycles. The third-order valence-electron chi connectivity index (χ3n) is 3.39. The van der Waals surface area contributed by atoms with Gasteiger partial charge in [0.25, 0.3) is 0 Å². The van der Waals surface area contributed by atoms with Crippen LogP contribution in [-0.2, 0) is 4.74 Å². The average molecular weight is 197 g/mol. The molecule has 2 heterocycles. The van der Waals surface area contributed by atoms with Crippen LogP contribution in [0.3, 0.4) is 0 Å². The molecular weight excluding hydrogens is 174 g/mol. The maximum atomic E-state index is 5.59. The summed E-state index contributed by atoms with van der Waals surface area (Å²) in [6.07, 6.45) is 4.53. The summed E-state index contributed by atoms with van der Waals surface area (Å²) in [6, 6.07) is 0.750. The van der Waals surface area contributed by atoms with Crippen molar-refractivity contribution in [1.82, 2.24) is 4.90 Å². The summed E-state index contributed by atoms with van der Waals surface area (Å²) in [5.74, 6) is 0. The van der Waals surface area contributed by atoms with Gasteiger partial charge in [0.15, 0.2) is 0 Å². The molecule has 0 unspecified atom stereocenters.